The van der Waals surface area contributed by atoms with E-state index in [1.807, 2.05) is 0 Å². The zero-order valence-corrected chi connectivity index (χ0v) is 17.1. The Morgan fingerprint density at radius 1 is 0.393 bits per heavy atom. The normalized spacial score (nSPS) is 10.9. The third kappa shape index (κ3) is 3.64. The van der Waals surface area contributed by atoms with Crippen molar-refractivity contribution in [1.82, 2.24) is 0 Å². The van der Waals surface area contributed by atoms with Crippen molar-refractivity contribution in [3.8, 4) is 33.4 Å². The average molecular weight is 363 g/mol. The van der Waals surface area contributed by atoms with Crippen molar-refractivity contribution in [2.75, 3.05) is 0 Å². The Hall–Kier alpha value is -3.12. The number of rotatable bonds is 3. The Morgan fingerprint density at radius 3 is 1.43 bits per heavy atom. The molecule has 0 aromatic heterocycles. The van der Waals surface area contributed by atoms with E-state index in [4.69, 9.17) is 0 Å². The number of hydrogen-bond donors (Lipinski definition) is 0. The third-order valence-electron chi connectivity index (χ3n) is 5.48. The molecular formula is C28H26. The molecule has 4 rings (SSSR count). The lowest BCUT2D eigenvalue weighted by atomic mass is 9.91. The van der Waals surface area contributed by atoms with Crippen LogP contribution in [-0.2, 0) is 0 Å². The van der Waals surface area contributed by atoms with Gasteiger partial charge in [0.2, 0.25) is 0 Å². The van der Waals surface area contributed by atoms with Gasteiger partial charge in [0.25, 0.3) is 0 Å². The van der Waals surface area contributed by atoms with Gasteiger partial charge in [-0.1, -0.05) is 96.1 Å². The molecule has 0 aliphatic rings. The van der Waals surface area contributed by atoms with Gasteiger partial charge in [-0.25, -0.2) is 0 Å². The van der Waals surface area contributed by atoms with Crippen LogP contribution in [0.5, 0.6) is 0 Å². The molecule has 0 nitrogen and oxygen atoms in total. The van der Waals surface area contributed by atoms with Crippen molar-refractivity contribution in [2.24, 2.45) is 0 Å². The van der Waals surface area contributed by atoms with E-state index in [0.717, 1.165) is 0 Å². The molecule has 0 fully saturated rings. The van der Waals surface area contributed by atoms with Crippen LogP contribution in [0.3, 0.4) is 0 Å². The second-order valence-corrected chi connectivity index (χ2v) is 7.79. The zero-order chi connectivity index (χ0) is 19.7. The van der Waals surface area contributed by atoms with Gasteiger partial charge in [0.05, 0.1) is 0 Å². The number of benzene rings is 4. The first-order valence-electron chi connectivity index (χ1n) is 9.87. The van der Waals surface area contributed by atoms with Crippen LogP contribution < -0.4 is 0 Å². The van der Waals surface area contributed by atoms with Gasteiger partial charge in [0, 0.05) is 0 Å². The van der Waals surface area contributed by atoms with Crippen LogP contribution >= 0.6 is 0 Å². The van der Waals surface area contributed by atoms with Crippen LogP contribution in [0.4, 0.5) is 0 Å². The monoisotopic (exact) mass is 362 g/mol. The smallest absolute Gasteiger partial charge is 0.0152 e. The Balaban J connectivity index is 1.70. The maximum Gasteiger partial charge on any atom is -0.0152 e. The largest absolute Gasteiger partial charge is 0.0614 e. The standard InChI is InChI=1S/C28H26/c1-19-8-10-23(11-9-19)25-12-14-27(21(3)17-25)28-15-13-26(18-22(28)4)24-7-5-6-20(2)16-24/h5-18H,1-4H3. The molecule has 28 heavy (non-hydrogen) atoms. The Kier molecular flexibility index (Phi) is 4.88. The number of aryl methyl sites for hydroxylation is 4. The van der Waals surface area contributed by atoms with Crippen LogP contribution in [0.25, 0.3) is 33.4 Å². The molecule has 4 aromatic rings. The lowest BCUT2D eigenvalue weighted by Gasteiger charge is -2.13. The summed E-state index contributed by atoms with van der Waals surface area (Å²) >= 11 is 0. The summed E-state index contributed by atoms with van der Waals surface area (Å²) in [6.07, 6.45) is 0. The highest BCUT2D eigenvalue weighted by molar-refractivity contribution is 5.78. The van der Waals surface area contributed by atoms with E-state index < -0.39 is 0 Å². The van der Waals surface area contributed by atoms with Gasteiger partial charge >= 0.3 is 0 Å². The number of hydrogen-bond acceptors (Lipinski definition) is 0. The summed E-state index contributed by atoms with van der Waals surface area (Å²) in [5.74, 6) is 0. The molecule has 0 atom stereocenters. The van der Waals surface area contributed by atoms with Gasteiger partial charge in [0.15, 0.2) is 0 Å². The first kappa shape index (κ1) is 18.3. The van der Waals surface area contributed by atoms with Crippen molar-refractivity contribution in [1.29, 1.82) is 0 Å². The molecule has 0 heteroatoms. The van der Waals surface area contributed by atoms with E-state index in [0.29, 0.717) is 0 Å². The highest BCUT2D eigenvalue weighted by atomic mass is 14.1. The lowest BCUT2D eigenvalue weighted by Crippen LogP contribution is -1.90. The van der Waals surface area contributed by atoms with Crippen molar-refractivity contribution < 1.29 is 0 Å². The molecule has 4 aromatic carbocycles. The third-order valence-corrected chi connectivity index (χ3v) is 5.48. The van der Waals surface area contributed by atoms with Gasteiger partial charge in [-0.2, -0.15) is 0 Å². The fourth-order valence-electron chi connectivity index (χ4n) is 3.86. The minimum absolute atomic E-state index is 1.27. The highest BCUT2D eigenvalue weighted by Crippen LogP contribution is 2.33. The Bertz CT molecular complexity index is 1130. The topological polar surface area (TPSA) is 0 Å². The van der Waals surface area contributed by atoms with Gasteiger partial charge in [-0.05, 0) is 72.2 Å². The van der Waals surface area contributed by atoms with Crippen molar-refractivity contribution in [3.63, 3.8) is 0 Å². The Morgan fingerprint density at radius 2 is 0.893 bits per heavy atom. The minimum Gasteiger partial charge on any atom is -0.0614 e. The second-order valence-electron chi connectivity index (χ2n) is 7.79. The maximum absolute atomic E-state index is 2.30. The minimum atomic E-state index is 1.27. The van der Waals surface area contributed by atoms with E-state index >= 15 is 0 Å². The molecule has 0 radical (unpaired) electrons. The summed E-state index contributed by atoms with van der Waals surface area (Å²) in [6, 6.07) is 31.1. The fraction of sp³-hybridized carbons (Fsp3) is 0.143. The molecule has 0 N–H and O–H groups in total. The molecule has 0 saturated carbocycles. The lowest BCUT2D eigenvalue weighted by molar-refractivity contribution is 1.40. The van der Waals surface area contributed by atoms with Gasteiger partial charge in [-0.3, -0.25) is 0 Å². The Labute approximate surface area is 168 Å². The molecule has 0 aliphatic heterocycles. The first-order chi connectivity index (χ1) is 13.5. The molecule has 138 valence electrons. The van der Waals surface area contributed by atoms with E-state index in [1.54, 1.807) is 0 Å². The van der Waals surface area contributed by atoms with Crippen LogP contribution in [-0.4, -0.2) is 0 Å². The first-order valence-corrected chi connectivity index (χ1v) is 9.87. The van der Waals surface area contributed by atoms with E-state index in [-0.39, 0.29) is 0 Å². The molecule has 0 heterocycles. The molecule has 0 saturated heterocycles. The van der Waals surface area contributed by atoms with E-state index in [1.165, 1.54) is 55.6 Å². The molecule has 0 unspecified atom stereocenters. The summed E-state index contributed by atoms with van der Waals surface area (Å²) in [5.41, 5.74) is 12.9. The maximum atomic E-state index is 2.30. The highest BCUT2D eigenvalue weighted by Gasteiger charge is 2.09. The van der Waals surface area contributed by atoms with Gasteiger partial charge in [-0.15, -0.1) is 0 Å². The quantitative estimate of drug-likeness (QED) is 0.347. The van der Waals surface area contributed by atoms with Crippen molar-refractivity contribution >= 4 is 0 Å². The van der Waals surface area contributed by atoms with E-state index in [2.05, 4.69) is 113 Å². The van der Waals surface area contributed by atoms with Crippen LogP contribution in [0, 0.1) is 27.7 Å². The molecule has 0 amide bonds. The molecular weight excluding hydrogens is 336 g/mol. The summed E-state index contributed by atoms with van der Waals surface area (Å²) in [7, 11) is 0. The summed E-state index contributed by atoms with van der Waals surface area (Å²) in [6.45, 7) is 8.69. The predicted octanol–water partition coefficient (Wildman–Crippen LogP) is 7.92. The molecule has 0 bridgehead atoms. The van der Waals surface area contributed by atoms with Gasteiger partial charge in [0.1, 0.15) is 0 Å². The van der Waals surface area contributed by atoms with E-state index in [9.17, 15) is 0 Å². The van der Waals surface area contributed by atoms with Crippen molar-refractivity contribution in [2.45, 2.75) is 27.7 Å². The van der Waals surface area contributed by atoms with Gasteiger partial charge < -0.3 is 0 Å². The fourth-order valence-corrected chi connectivity index (χ4v) is 3.86. The SMILES string of the molecule is Cc1ccc(-c2ccc(-c3ccc(-c4cccc(C)c4)cc3C)c(C)c2)cc1. The van der Waals surface area contributed by atoms with Crippen LogP contribution in [0.1, 0.15) is 22.3 Å². The average Bonchev–Trinajstić information content (AvgIpc) is 2.69. The molecule has 0 aliphatic carbocycles. The van der Waals surface area contributed by atoms with Crippen LogP contribution in [0.2, 0.25) is 0 Å². The summed E-state index contributed by atoms with van der Waals surface area (Å²) < 4.78 is 0. The van der Waals surface area contributed by atoms with Crippen molar-refractivity contribution in [3.05, 3.63) is 107 Å². The molecule has 0 spiro atoms. The zero-order valence-electron chi connectivity index (χ0n) is 17.1. The van der Waals surface area contributed by atoms with Crippen LogP contribution in [0.15, 0.2) is 84.9 Å². The summed E-state index contributed by atoms with van der Waals surface area (Å²) in [5, 5.41) is 0. The second kappa shape index (κ2) is 7.48. The predicted molar refractivity (Wildman–Crippen MR) is 122 cm³/mol. The summed E-state index contributed by atoms with van der Waals surface area (Å²) in [4.78, 5) is 0.